The van der Waals surface area contributed by atoms with Crippen molar-refractivity contribution in [2.75, 3.05) is 13.1 Å². The van der Waals surface area contributed by atoms with Crippen LogP contribution in [-0.4, -0.2) is 18.0 Å². The second kappa shape index (κ2) is 7.46. The Morgan fingerprint density at radius 3 is 2.28 bits per heavy atom. The summed E-state index contributed by atoms with van der Waals surface area (Å²) in [6.45, 7) is 2.39. The van der Waals surface area contributed by atoms with Crippen LogP contribution < -0.4 is 0 Å². The van der Waals surface area contributed by atoms with Gasteiger partial charge in [0.15, 0.2) is 0 Å². The molecule has 2 atom stereocenters. The van der Waals surface area contributed by atoms with Gasteiger partial charge in [0.05, 0.1) is 5.56 Å². The van der Waals surface area contributed by atoms with Crippen molar-refractivity contribution in [1.82, 2.24) is 4.90 Å². The Labute approximate surface area is 170 Å². The first-order valence-corrected chi connectivity index (χ1v) is 11.0. The molecule has 3 aliphatic rings. The summed E-state index contributed by atoms with van der Waals surface area (Å²) in [5, 5.41) is 0. The van der Waals surface area contributed by atoms with Crippen LogP contribution in [0.15, 0.2) is 42.5 Å². The Balaban J connectivity index is 1.44. The van der Waals surface area contributed by atoms with E-state index in [1.807, 2.05) is 0 Å². The van der Waals surface area contributed by atoms with Crippen LogP contribution in [0.4, 0.5) is 13.2 Å². The Morgan fingerprint density at radius 1 is 0.828 bits per heavy atom. The molecule has 1 heterocycles. The van der Waals surface area contributed by atoms with Gasteiger partial charge in [-0.25, -0.2) is 0 Å². The highest BCUT2D eigenvalue weighted by atomic mass is 19.4. The molecule has 4 heteroatoms. The van der Waals surface area contributed by atoms with Crippen LogP contribution in [0, 0.1) is 5.92 Å². The van der Waals surface area contributed by atoms with Crippen LogP contribution in [0.1, 0.15) is 73.6 Å². The largest absolute Gasteiger partial charge is 0.416 e. The predicted molar refractivity (Wildman–Crippen MR) is 110 cm³/mol. The summed E-state index contributed by atoms with van der Waals surface area (Å²) in [6, 6.07) is 12.7. The molecule has 1 nitrogen and oxygen atoms in total. The van der Waals surface area contributed by atoms with Crippen LogP contribution in [0.5, 0.6) is 0 Å². The molecule has 0 amide bonds. The molecule has 0 aromatic heterocycles. The van der Waals surface area contributed by atoms with Gasteiger partial charge in [-0.05, 0) is 90.9 Å². The second-order valence-electron chi connectivity index (χ2n) is 9.15. The molecule has 2 aliphatic carbocycles. The maximum atomic E-state index is 12.9. The molecule has 2 fully saturated rings. The van der Waals surface area contributed by atoms with Crippen molar-refractivity contribution in [3.63, 3.8) is 0 Å². The highest BCUT2D eigenvalue weighted by molar-refractivity contribution is 5.66. The van der Waals surface area contributed by atoms with E-state index in [2.05, 4.69) is 23.1 Å². The molecule has 2 aromatic rings. The van der Waals surface area contributed by atoms with Gasteiger partial charge in [-0.3, -0.25) is 4.90 Å². The molecule has 29 heavy (non-hydrogen) atoms. The molecule has 2 unspecified atom stereocenters. The minimum Gasteiger partial charge on any atom is -0.296 e. The first kappa shape index (κ1) is 19.2. The lowest BCUT2D eigenvalue weighted by Gasteiger charge is -2.31. The van der Waals surface area contributed by atoms with Crippen molar-refractivity contribution < 1.29 is 13.2 Å². The SMILES string of the molecule is FC(F)(F)c1ccc(-c2ccc3c(c2)C2CC3CCCN2CC2CCCC2)cc1. The fraction of sp³-hybridized carbons (Fsp3) is 0.520. The molecule has 0 N–H and O–H groups in total. The quantitative estimate of drug-likeness (QED) is 0.528. The van der Waals surface area contributed by atoms with Crippen molar-refractivity contribution in [3.05, 3.63) is 59.2 Å². The van der Waals surface area contributed by atoms with Crippen LogP contribution >= 0.6 is 0 Å². The number of halogens is 3. The van der Waals surface area contributed by atoms with E-state index in [1.54, 1.807) is 12.1 Å². The van der Waals surface area contributed by atoms with E-state index < -0.39 is 11.7 Å². The predicted octanol–water partition coefficient (Wildman–Crippen LogP) is 7.19. The molecule has 1 saturated heterocycles. The number of nitrogens with zero attached hydrogens (tertiary/aromatic N) is 1. The average Bonchev–Trinajstić information content (AvgIpc) is 3.28. The third-order valence-electron chi connectivity index (χ3n) is 7.35. The molecule has 5 rings (SSSR count). The standard InChI is InChI=1S/C25H28F3N/c26-25(27,28)21-10-7-18(8-11-21)19-9-12-22-20-6-3-13-29(16-17-4-1-2-5-17)24(15-20)23(22)14-19/h7-12,14,17,20,24H,1-6,13,15-16H2. The molecule has 154 valence electrons. The van der Waals surface area contributed by atoms with Crippen molar-refractivity contribution in [1.29, 1.82) is 0 Å². The lowest BCUT2D eigenvalue weighted by molar-refractivity contribution is -0.137. The third-order valence-corrected chi connectivity index (χ3v) is 7.35. The summed E-state index contributed by atoms with van der Waals surface area (Å²) in [7, 11) is 0. The minimum absolute atomic E-state index is 0.479. The molecule has 0 radical (unpaired) electrons. The molecule has 0 spiro atoms. The summed E-state index contributed by atoms with van der Waals surface area (Å²) in [4.78, 5) is 2.72. The van der Waals surface area contributed by atoms with Gasteiger partial charge in [0.25, 0.3) is 0 Å². The lowest BCUT2D eigenvalue weighted by atomic mass is 9.93. The van der Waals surface area contributed by atoms with Crippen LogP contribution in [-0.2, 0) is 6.18 Å². The van der Waals surface area contributed by atoms with Gasteiger partial charge in [-0.2, -0.15) is 13.2 Å². The first-order chi connectivity index (χ1) is 14.0. The lowest BCUT2D eigenvalue weighted by Crippen LogP contribution is -2.32. The normalized spacial score (nSPS) is 25.2. The van der Waals surface area contributed by atoms with Crippen LogP contribution in [0.3, 0.4) is 0 Å². The van der Waals surface area contributed by atoms with E-state index in [0.29, 0.717) is 12.0 Å². The van der Waals surface area contributed by atoms with E-state index in [9.17, 15) is 13.2 Å². The molecule has 2 aromatic carbocycles. The molecular formula is C25H28F3N. The molecule has 1 aliphatic heterocycles. The summed E-state index contributed by atoms with van der Waals surface area (Å²) < 4.78 is 38.7. The van der Waals surface area contributed by atoms with E-state index in [4.69, 9.17) is 0 Å². The molecule has 2 bridgehead atoms. The number of benzene rings is 2. The topological polar surface area (TPSA) is 3.24 Å². The van der Waals surface area contributed by atoms with Gasteiger partial charge in [-0.1, -0.05) is 37.1 Å². The Kier molecular flexibility index (Phi) is 4.93. The smallest absolute Gasteiger partial charge is 0.296 e. The fourth-order valence-corrected chi connectivity index (χ4v) is 5.85. The highest BCUT2D eigenvalue weighted by Gasteiger charge is 2.38. The zero-order valence-corrected chi connectivity index (χ0v) is 16.7. The number of fused-ring (bicyclic) bond motifs is 5. The van der Waals surface area contributed by atoms with Gasteiger partial charge in [-0.15, -0.1) is 0 Å². The number of rotatable bonds is 3. The Bertz CT molecular complexity index is 865. The maximum absolute atomic E-state index is 12.9. The fourth-order valence-electron chi connectivity index (χ4n) is 5.85. The summed E-state index contributed by atoms with van der Waals surface area (Å²) in [5.74, 6) is 1.49. The highest BCUT2D eigenvalue weighted by Crippen LogP contribution is 2.49. The van der Waals surface area contributed by atoms with Gasteiger partial charge in [0.1, 0.15) is 0 Å². The minimum atomic E-state index is -4.29. The van der Waals surface area contributed by atoms with E-state index >= 15 is 0 Å². The molecular weight excluding hydrogens is 371 g/mol. The average molecular weight is 400 g/mol. The number of hydrogen-bond acceptors (Lipinski definition) is 1. The first-order valence-electron chi connectivity index (χ1n) is 11.0. The van der Waals surface area contributed by atoms with Gasteiger partial charge >= 0.3 is 6.18 Å². The van der Waals surface area contributed by atoms with E-state index in [-0.39, 0.29) is 0 Å². The number of hydrogen-bond donors (Lipinski definition) is 0. The van der Waals surface area contributed by atoms with Gasteiger partial charge < -0.3 is 0 Å². The summed E-state index contributed by atoms with van der Waals surface area (Å²) >= 11 is 0. The van der Waals surface area contributed by atoms with Crippen LogP contribution in [0.2, 0.25) is 0 Å². The Morgan fingerprint density at radius 2 is 1.55 bits per heavy atom. The van der Waals surface area contributed by atoms with Gasteiger partial charge in [0, 0.05) is 12.6 Å². The van der Waals surface area contributed by atoms with Crippen molar-refractivity contribution >= 4 is 0 Å². The zero-order chi connectivity index (χ0) is 20.0. The van der Waals surface area contributed by atoms with E-state index in [0.717, 1.165) is 17.0 Å². The maximum Gasteiger partial charge on any atom is 0.416 e. The van der Waals surface area contributed by atoms with Crippen molar-refractivity contribution in [2.45, 2.75) is 63.1 Å². The second-order valence-corrected chi connectivity index (χ2v) is 9.15. The van der Waals surface area contributed by atoms with Crippen molar-refractivity contribution in [3.8, 4) is 11.1 Å². The summed E-state index contributed by atoms with van der Waals surface area (Å²) in [6.07, 6.45) is 4.93. The van der Waals surface area contributed by atoms with Gasteiger partial charge in [0.2, 0.25) is 0 Å². The van der Waals surface area contributed by atoms with Crippen LogP contribution in [0.25, 0.3) is 11.1 Å². The summed E-state index contributed by atoms with van der Waals surface area (Å²) in [5.41, 5.74) is 4.20. The van der Waals surface area contributed by atoms with E-state index in [1.165, 1.54) is 81.3 Å². The monoisotopic (exact) mass is 399 g/mol. The number of likely N-dealkylation sites (tertiary alicyclic amines) is 1. The number of alkyl halides is 3. The molecule has 1 saturated carbocycles. The third kappa shape index (κ3) is 3.72. The zero-order valence-electron chi connectivity index (χ0n) is 16.7. The van der Waals surface area contributed by atoms with Crippen molar-refractivity contribution in [2.24, 2.45) is 5.92 Å². The Hall–Kier alpha value is -1.81.